The Kier molecular flexibility index (Phi) is 3.82. The van der Waals surface area contributed by atoms with E-state index in [2.05, 4.69) is 22.0 Å². The molecule has 3 heterocycles. The van der Waals surface area contributed by atoms with Crippen molar-refractivity contribution < 1.29 is 4.79 Å². The molecule has 4 rings (SSSR count). The largest absolute Gasteiger partial charge is 0.338 e. The molecule has 1 unspecified atom stereocenters. The van der Waals surface area contributed by atoms with E-state index in [0.29, 0.717) is 5.41 Å². The maximum Gasteiger partial charge on any atom is 0.255 e. The summed E-state index contributed by atoms with van der Waals surface area (Å²) in [5, 5.41) is 8.17. The van der Waals surface area contributed by atoms with Gasteiger partial charge in [-0.2, -0.15) is 0 Å². The van der Waals surface area contributed by atoms with Crippen LogP contribution in [0.4, 0.5) is 0 Å². The van der Waals surface area contributed by atoms with Gasteiger partial charge in [-0.3, -0.25) is 9.20 Å². The smallest absolute Gasteiger partial charge is 0.255 e. The lowest BCUT2D eigenvalue weighted by atomic mass is 9.63. The molecule has 0 radical (unpaired) electrons. The van der Waals surface area contributed by atoms with Crippen LogP contribution in [0, 0.1) is 18.3 Å². The Morgan fingerprint density at radius 3 is 2.79 bits per heavy atom. The fourth-order valence-corrected chi connectivity index (χ4v) is 4.67. The number of aryl methyl sites for hydroxylation is 1. The summed E-state index contributed by atoms with van der Waals surface area (Å²) in [7, 11) is 0. The number of fused-ring (bicyclic) bond motifs is 1. The van der Waals surface area contributed by atoms with Crippen LogP contribution in [-0.4, -0.2) is 38.5 Å². The van der Waals surface area contributed by atoms with Crippen LogP contribution in [0.15, 0.2) is 18.3 Å². The molecule has 1 saturated carbocycles. The number of aromatic nitrogens is 3. The Morgan fingerprint density at radius 1 is 1.21 bits per heavy atom. The topological polar surface area (TPSA) is 50.5 Å². The molecule has 1 atom stereocenters. The van der Waals surface area contributed by atoms with Crippen molar-refractivity contribution in [3.63, 3.8) is 0 Å². The van der Waals surface area contributed by atoms with Crippen LogP contribution in [-0.2, 0) is 0 Å². The second-order valence-electron chi connectivity index (χ2n) is 7.73. The molecule has 5 nitrogen and oxygen atoms in total. The van der Waals surface area contributed by atoms with Gasteiger partial charge < -0.3 is 4.90 Å². The molecule has 2 aliphatic rings. The van der Waals surface area contributed by atoms with E-state index < -0.39 is 0 Å². The predicted molar refractivity (Wildman–Crippen MR) is 92.9 cm³/mol. The van der Waals surface area contributed by atoms with Crippen molar-refractivity contribution in [1.29, 1.82) is 0 Å². The van der Waals surface area contributed by atoms with E-state index >= 15 is 0 Å². The molecular formula is C19H26N4O. The first kappa shape index (κ1) is 15.6. The Hall–Kier alpha value is -1.91. The summed E-state index contributed by atoms with van der Waals surface area (Å²) >= 11 is 0. The highest BCUT2D eigenvalue weighted by Crippen LogP contribution is 2.47. The van der Waals surface area contributed by atoms with E-state index in [-0.39, 0.29) is 5.91 Å². The Bertz CT molecular complexity index is 760. The number of rotatable bonds is 1. The van der Waals surface area contributed by atoms with Gasteiger partial charge in [0.2, 0.25) is 0 Å². The van der Waals surface area contributed by atoms with Crippen LogP contribution in [0.5, 0.6) is 0 Å². The summed E-state index contributed by atoms with van der Waals surface area (Å²) in [6, 6.07) is 3.77. The van der Waals surface area contributed by atoms with Gasteiger partial charge in [0.15, 0.2) is 5.65 Å². The van der Waals surface area contributed by atoms with Gasteiger partial charge in [-0.05, 0) is 49.7 Å². The lowest BCUT2D eigenvalue weighted by Gasteiger charge is -2.49. The SMILES string of the molecule is Cc1nnc2ccc(C(=O)N3CCC(C)C4(CCCCC4)C3)cn12. The molecule has 1 amide bonds. The Morgan fingerprint density at radius 2 is 2.00 bits per heavy atom. The zero-order valence-electron chi connectivity index (χ0n) is 14.7. The molecule has 5 heteroatoms. The molecule has 0 aromatic carbocycles. The molecule has 1 aliphatic carbocycles. The zero-order valence-corrected chi connectivity index (χ0v) is 14.7. The van der Waals surface area contributed by atoms with Gasteiger partial charge >= 0.3 is 0 Å². The third-order valence-electron chi connectivity index (χ3n) is 6.34. The van der Waals surface area contributed by atoms with Crippen LogP contribution in [0.3, 0.4) is 0 Å². The summed E-state index contributed by atoms with van der Waals surface area (Å²) < 4.78 is 1.90. The lowest BCUT2D eigenvalue weighted by molar-refractivity contribution is 0.00680. The minimum atomic E-state index is 0.154. The first-order valence-corrected chi connectivity index (χ1v) is 9.20. The number of pyridine rings is 1. The van der Waals surface area contributed by atoms with E-state index in [1.165, 1.54) is 32.1 Å². The van der Waals surface area contributed by atoms with Gasteiger partial charge in [0.1, 0.15) is 5.82 Å². The van der Waals surface area contributed by atoms with Crippen molar-refractivity contribution in [2.75, 3.05) is 13.1 Å². The number of hydrogen-bond donors (Lipinski definition) is 0. The number of piperidine rings is 1. The average Bonchev–Trinajstić information content (AvgIpc) is 2.98. The van der Waals surface area contributed by atoms with E-state index in [9.17, 15) is 4.79 Å². The van der Waals surface area contributed by atoms with Crippen LogP contribution in [0.25, 0.3) is 5.65 Å². The molecule has 1 spiro atoms. The summed E-state index contributed by atoms with van der Waals surface area (Å²) in [4.78, 5) is 15.2. The van der Waals surface area contributed by atoms with Gasteiger partial charge in [-0.15, -0.1) is 10.2 Å². The van der Waals surface area contributed by atoms with Crippen molar-refractivity contribution in [3.05, 3.63) is 29.7 Å². The van der Waals surface area contributed by atoms with Crippen LogP contribution >= 0.6 is 0 Å². The van der Waals surface area contributed by atoms with E-state index in [1.807, 2.05) is 29.7 Å². The minimum Gasteiger partial charge on any atom is -0.338 e. The quantitative estimate of drug-likeness (QED) is 0.806. The molecular weight excluding hydrogens is 300 g/mol. The summed E-state index contributed by atoms with van der Waals surface area (Å²) in [5.41, 5.74) is 1.88. The first-order valence-electron chi connectivity index (χ1n) is 9.20. The molecule has 128 valence electrons. The van der Waals surface area contributed by atoms with Crippen LogP contribution in [0.1, 0.15) is 61.6 Å². The maximum absolute atomic E-state index is 13.1. The third kappa shape index (κ3) is 2.50. The van der Waals surface area contributed by atoms with Crippen molar-refractivity contribution >= 4 is 11.6 Å². The Labute approximate surface area is 143 Å². The summed E-state index contributed by atoms with van der Waals surface area (Å²) in [6.45, 7) is 6.10. The molecule has 2 fully saturated rings. The molecule has 2 aromatic rings. The highest BCUT2D eigenvalue weighted by atomic mass is 16.2. The lowest BCUT2D eigenvalue weighted by Crippen LogP contribution is -2.51. The molecule has 0 bridgehead atoms. The average molecular weight is 326 g/mol. The maximum atomic E-state index is 13.1. The van der Waals surface area contributed by atoms with Crippen molar-refractivity contribution in [3.8, 4) is 0 Å². The monoisotopic (exact) mass is 326 g/mol. The number of carbonyl (C=O) groups excluding carboxylic acids is 1. The van der Waals surface area contributed by atoms with Crippen LogP contribution < -0.4 is 0 Å². The highest BCUT2D eigenvalue weighted by Gasteiger charge is 2.42. The minimum absolute atomic E-state index is 0.154. The van der Waals surface area contributed by atoms with Gasteiger partial charge in [0.05, 0.1) is 5.56 Å². The van der Waals surface area contributed by atoms with Gasteiger partial charge in [0, 0.05) is 19.3 Å². The van der Waals surface area contributed by atoms with E-state index in [0.717, 1.165) is 42.5 Å². The summed E-state index contributed by atoms with van der Waals surface area (Å²) in [5.74, 6) is 1.70. The molecule has 1 aliphatic heterocycles. The number of hydrogen-bond acceptors (Lipinski definition) is 3. The standard InChI is InChI=1S/C19H26N4O/c1-14-8-11-22(13-19(14)9-4-3-5-10-19)18(24)16-6-7-17-21-20-15(2)23(17)12-16/h6-7,12,14H,3-5,8-11,13H2,1-2H3. The highest BCUT2D eigenvalue weighted by molar-refractivity contribution is 5.94. The first-order chi connectivity index (χ1) is 11.6. The number of likely N-dealkylation sites (tertiary alicyclic amines) is 1. The molecule has 0 N–H and O–H groups in total. The fraction of sp³-hybridized carbons (Fsp3) is 0.632. The third-order valence-corrected chi connectivity index (χ3v) is 6.34. The second-order valence-corrected chi connectivity index (χ2v) is 7.73. The Balaban J connectivity index is 1.59. The second kappa shape index (κ2) is 5.87. The van der Waals surface area contributed by atoms with E-state index in [4.69, 9.17) is 0 Å². The zero-order chi connectivity index (χ0) is 16.7. The van der Waals surface area contributed by atoms with Crippen molar-refractivity contribution in [2.24, 2.45) is 11.3 Å². The van der Waals surface area contributed by atoms with Crippen molar-refractivity contribution in [2.45, 2.75) is 52.4 Å². The number of carbonyl (C=O) groups is 1. The number of amides is 1. The fourth-order valence-electron chi connectivity index (χ4n) is 4.67. The normalized spacial score (nSPS) is 23.8. The molecule has 2 aromatic heterocycles. The number of nitrogens with zero attached hydrogens (tertiary/aromatic N) is 4. The van der Waals surface area contributed by atoms with Gasteiger partial charge in [-0.25, -0.2) is 0 Å². The van der Waals surface area contributed by atoms with Crippen molar-refractivity contribution in [1.82, 2.24) is 19.5 Å². The molecule has 24 heavy (non-hydrogen) atoms. The summed E-state index contributed by atoms with van der Waals surface area (Å²) in [6.07, 6.45) is 9.56. The predicted octanol–water partition coefficient (Wildman–Crippen LogP) is 3.47. The van der Waals surface area contributed by atoms with Gasteiger partial charge in [0.25, 0.3) is 5.91 Å². The molecule has 1 saturated heterocycles. The van der Waals surface area contributed by atoms with E-state index in [1.54, 1.807) is 0 Å². The van der Waals surface area contributed by atoms with Gasteiger partial charge in [-0.1, -0.05) is 26.2 Å². The van der Waals surface area contributed by atoms with Crippen LogP contribution in [0.2, 0.25) is 0 Å².